The molecule has 0 saturated carbocycles. The first-order valence-corrected chi connectivity index (χ1v) is 4.52. The summed E-state index contributed by atoms with van der Waals surface area (Å²) in [5.74, 6) is 0.146. The molecule has 0 aliphatic heterocycles. The number of phenolic OH excluding ortho intramolecular Hbond substituents is 1. The van der Waals surface area contributed by atoms with Crippen molar-refractivity contribution >= 4 is 5.78 Å². The minimum absolute atomic E-state index is 0.0194. The third-order valence-corrected chi connectivity index (χ3v) is 2.28. The number of Topliss-reactive ketones (excluding diaryl/α,β-unsaturated/α-hetero) is 1. The second-order valence-electron chi connectivity index (χ2n) is 3.55. The van der Waals surface area contributed by atoms with Crippen LogP contribution < -0.4 is 0 Å². The van der Waals surface area contributed by atoms with E-state index in [4.69, 9.17) is 0 Å². The van der Waals surface area contributed by atoms with Crippen LogP contribution in [0.1, 0.15) is 17.3 Å². The number of rotatable bonds is 3. The van der Waals surface area contributed by atoms with Crippen molar-refractivity contribution in [2.24, 2.45) is 0 Å². The molecular formula is C11H15NO2. The first-order chi connectivity index (χ1) is 6.52. The van der Waals surface area contributed by atoms with Crippen LogP contribution in [0.2, 0.25) is 0 Å². The van der Waals surface area contributed by atoms with Crippen molar-refractivity contribution in [1.82, 2.24) is 4.90 Å². The average Bonchev–Trinajstić information content (AvgIpc) is 2.15. The van der Waals surface area contributed by atoms with Gasteiger partial charge in [-0.05, 0) is 33.2 Å². The summed E-state index contributed by atoms with van der Waals surface area (Å²) in [6.45, 7) is 1.84. The zero-order valence-electron chi connectivity index (χ0n) is 8.69. The normalized spacial score (nSPS) is 12.9. The van der Waals surface area contributed by atoms with Crippen molar-refractivity contribution in [3.8, 4) is 5.75 Å². The van der Waals surface area contributed by atoms with Crippen LogP contribution in [0, 0.1) is 0 Å². The van der Waals surface area contributed by atoms with Crippen molar-refractivity contribution in [3.63, 3.8) is 0 Å². The van der Waals surface area contributed by atoms with Crippen LogP contribution in [-0.2, 0) is 0 Å². The summed E-state index contributed by atoms with van der Waals surface area (Å²) in [5.41, 5.74) is 0.547. The fourth-order valence-electron chi connectivity index (χ4n) is 1.13. The Morgan fingerprint density at radius 3 is 2.57 bits per heavy atom. The molecule has 0 amide bonds. The summed E-state index contributed by atoms with van der Waals surface area (Å²) in [6, 6.07) is 6.25. The smallest absolute Gasteiger partial charge is 0.179 e. The number of carbonyl (C=O) groups is 1. The molecule has 0 fully saturated rings. The minimum Gasteiger partial charge on any atom is -0.508 e. The molecule has 1 unspecified atom stereocenters. The minimum atomic E-state index is -0.170. The van der Waals surface area contributed by atoms with Crippen LogP contribution >= 0.6 is 0 Å². The molecule has 76 valence electrons. The zero-order valence-corrected chi connectivity index (χ0v) is 8.69. The molecule has 14 heavy (non-hydrogen) atoms. The Morgan fingerprint density at radius 2 is 2.07 bits per heavy atom. The summed E-state index contributed by atoms with van der Waals surface area (Å²) in [4.78, 5) is 13.6. The van der Waals surface area contributed by atoms with Crippen LogP contribution in [0.3, 0.4) is 0 Å². The lowest BCUT2D eigenvalue weighted by Gasteiger charge is -2.18. The monoisotopic (exact) mass is 193 g/mol. The van der Waals surface area contributed by atoms with Crippen molar-refractivity contribution < 1.29 is 9.90 Å². The maximum Gasteiger partial charge on any atom is 0.179 e. The Morgan fingerprint density at radius 1 is 1.43 bits per heavy atom. The van der Waals surface area contributed by atoms with Gasteiger partial charge in [-0.2, -0.15) is 0 Å². The predicted octanol–water partition coefficient (Wildman–Crippen LogP) is 1.52. The number of hydrogen-bond donors (Lipinski definition) is 1. The van der Waals surface area contributed by atoms with Gasteiger partial charge in [0.25, 0.3) is 0 Å². The van der Waals surface area contributed by atoms with Crippen LogP contribution in [0.4, 0.5) is 0 Å². The number of nitrogens with zero attached hydrogens (tertiary/aromatic N) is 1. The lowest BCUT2D eigenvalue weighted by atomic mass is 10.0. The molecule has 1 N–H and O–H groups in total. The second-order valence-corrected chi connectivity index (χ2v) is 3.55. The molecule has 3 heteroatoms. The SMILES string of the molecule is CC(C(=O)c1cccc(O)c1)N(C)C. The molecule has 0 aliphatic rings. The summed E-state index contributed by atoms with van der Waals surface area (Å²) >= 11 is 0. The van der Waals surface area contributed by atoms with E-state index < -0.39 is 0 Å². The Hall–Kier alpha value is -1.35. The van der Waals surface area contributed by atoms with Crippen LogP contribution in [0.15, 0.2) is 24.3 Å². The maximum atomic E-state index is 11.8. The standard InChI is InChI=1S/C11H15NO2/c1-8(12(2)3)11(14)9-5-4-6-10(13)7-9/h4-8,13H,1-3H3. The first-order valence-electron chi connectivity index (χ1n) is 4.52. The van der Waals surface area contributed by atoms with E-state index in [2.05, 4.69) is 0 Å². The number of phenols is 1. The molecule has 0 aliphatic carbocycles. The highest BCUT2D eigenvalue weighted by Crippen LogP contribution is 2.13. The van der Waals surface area contributed by atoms with E-state index >= 15 is 0 Å². The van der Waals surface area contributed by atoms with E-state index in [0.717, 1.165) is 0 Å². The van der Waals surface area contributed by atoms with Gasteiger partial charge in [0.1, 0.15) is 5.75 Å². The fourth-order valence-corrected chi connectivity index (χ4v) is 1.13. The van der Waals surface area contributed by atoms with Gasteiger partial charge in [-0.3, -0.25) is 9.69 Å². The molecule has 0 radical (unpaired) electrons. The highest BCUT2D eigenvalue weighted by Gasteiger charge is 2.16. The molecule has 0 heterocycles. The van der Waals surface area contributed by atoms with Crippen molar-refractivity contribution in [1.29, 1.82) is 0 Å². The van der Waals surface area contributed by atoms with E-state index in [0.29, 0.717) is 5.56 Å². The van der Waals surface area contributed by atoms with E-state index in [1.807, 2.05) is 25.9 Å². The lowest BCUT2D eigenvalue weighted by Crippen LogP contribution is -2.32. The van der Waals surface area contributed by atoms with E-state index in [-0.39, 0.29) is 17.6 Å². The van der Waals surface area contributed by atoms with Gasteiger partial charge in [-0.25, -0.2) is 0 Å². The summed E-state index contributed by atoms with van der Waals surface area (Å²) in [6.07, 6.45) is 0. The zero-order chi connectivity index (χ0) is 10.7. The molecular weight excluding hydrogens is 178 g/mol. The Labute approximate surface area is 84.0 Å². The number of ketones is 1. The van der Waals surface area contributed by atoms with Crippen molar-refractivity contribution in [3.05, 3.63) is 29.8 Å². The molecule has 1 aromatic rings. The van der Waals surface area contributed by atoms with Crippen LogP contribution in [0.25, 0.3) is 0 Å². The van der Waals surface area contributed by atoms with Gasteiger partial charge in [-0.15, -0.1) is 0 Å². The molecule has 3 nitrogen and oxygen atoms in total. The van der Waals surface area contributed by atoms with Crippen LogP contribution in [-0.4, -0.2) is 35.9 Å². The van der Waals surface area contributed by atoms with Gasteiger partial charge in [0.2, 0.25) is 0 Å². The predicted molar refractivity (Wildman–Crippen MR) is 55.6 cm³/mol. The molecule has 0 spiro atoms. The Bertz CT molecular complexity index is 334. The number of hydrogen-bond acceptors (Lipinski definition) is 3. The topological polar surface area (TPSA) is 40.5 Å². The highest BCUT2D eigenvalue weighted by atomic mass is 16.3. The quantitative estimate of drug-likeness (QED) is 0.740. The van der Waals surface area contributed by atoms with Gasteiger partial charge in [-0.1, -0.05) is 12.1 Å². The van der Waals surface area contributed by atoms with Crippen molar-refractivity contribution in [2.75, 3.05) is 14.1 Å². The molecule has 0 bridgehead atoms. The van der Waals surface area contributed by atoms with Gasteiger partial charge in [0, 0.05) is 5.56 Å². The third kappa shape index (κ3) is 2.33. The first kappa shape index (κ1) is 10.7. The van der Waals surface area contributed by atoms with E-state index in [1.165, 1.54) is 6.07 Å². The fraction of sp³-hybridized carbons (Fsp3) is 0.364. The molecule has 1 atom stereocenters. The van der Waals surface area contributed by atoms with Gasteiger partial charge < -0.3 is 5.11 Å². The summed E-state index contributed by atoms with van der Waals surface area (Å²) in [5, 5.41) is 9.22. The number of likely N-dealkylation sites (N-methyl/N-ethyl adjacent to an activating group) is 1. The van der Waals surface area contributed by atoms with E-state index in [1.54, 1.807) is 18.2 Å². The van der Waals surface area contributed by atoms with Crippen LogP contribution in [0.5, 0.6) is 5.75 Å². The largest absolute Gasteiger partial charge is 0.508 e. The highest BCUT2D eigenvalue weighted by molar-refractivity contribution is 6.00. The summed E-state index contributed by atoms with van der Waals surface area (Å²) < 4.78 is 0. The molecule has 0 saturated heterocycles. The average molecular weight is 193 g/mol. The Kier molecular flexibility index (Phi) is 3.25. The third-order valence-electron chi connectivity index (χ3n) is 2.28. The second kappa shape index (κ2) is 4.24. The van der Waals surface area contributed by atoms with Crippen molar-refractivity contribution in [2.45, 2.75) is 13.0 Å². The summed E-state index contributed by atoms with van der Waals surface area (Å²) in [7, 11) is 3.71. The maximum absolute atomic E-state index is 11.8. The van der Waals surface area contributed by atoms with Gasteiger partial charge in [0.05, 0.1) is 6.04 Å². The molecule has 0 aromatic heterocycles. The molecule has 1 aromatic carbocycles. The Balaban J connectivity index is 2.89. The van der Waals surface area contributed by atoms with E-state index in [9.17, 15) is 9.90 Å². The number of benzene rings is 1. The number of aromatic hydroxyl groups is 1. The molecule has 1 rings (SSSR count). The number of carbonyl (C=O) groups excluding carboxylic acids is 1. The van der Waals surface area contributed by atoms with Gasteiger partial charge >= 0.3 is 0 Å². The van der Waals surface area contributed by atoms with Gasteiger partial charge in [0.15, 0.2) is 5.78 Å². The lowest BCUT2D eigenvalue weighted by molar-refractivity contribution is 0.0890.